The summed E-state index contributed by atoms with van der Waals surface area (Å²) in [7, 11) is 0. The van der Waals surface area contributed by atoms with Crippen LogP contribution in [0.3, 0.4) is 0 Å². The molecule has 0 atom stereocenters. The molecule has 172 valence electrons. The van der Waals surface area contributed by atoms with Crippen LogP contribution in [0.2, 0.25) is 0 Å². The highest BCUT2D eigenvalue weighted by Gasteiger charge is 2.36. The Morgan fingerprint density at radius 3 is 1.88 bits per heavy atom. The van der Waals surface area contributed by atoms with Gasteiger partial charge in [0, 0.05) is 25.0 Å². The van der Waals surface area contributed by atoms with Crippen molar-refractivity contribution in [2.45, 2.75) is 36.7 Å². The first-order valence-electron chi connectivity index (χ1n) is 11.9. The Bertz CT molecular complexity index is 944. The van der Waals surface area contributed by atoms with E-state index in [4.69, 9.17) is 0 Å². The lowest BCUT2D eigenvalue weighted by Gasteiger charge is -2.40. The summed E-state index contributed by atoms with van der Waals surface area (Å²) in [5.74, 6) is 0. The zero-order valence-electron chi connectivity index (χ0n) is 19.2. The number of piperidine rings is 1. The maximum absolute atomic E-state index is 11.3. The van der Waals surface area contributed by atoms with Gasteiger partial charge < -0.3 is 15.3 Å². The number of carbonyl (C=O) groups is 1. The van der Waals surface area contributed by atoms with Crippen molar-refractivity contribution >= 4 is 6.41 Å². The quantitative estimate of drug-likeness (QED) is 0.455. The first-order valence-corrected chi connectivity index (χ1v) is 11.9. The zero-order valence-corrected chi connectivity index (χ0v) is 19.2. The molecular formula is C29H34N2O2. The fraction of sp³-hybridized carbons (Fsp3) is 0.345. The summed E-state index contributed by atoms with van der Waals surface area (Å²) in [6.45, 7) is 3.33. The molecule has 4 rings (SSSR count). The van der Waals surface area contributed by atoms with E-state index in [0.717, 1.165) is 57.3 Å². The van der Waals surface area contributed by atoms with Gasteiger partial charge >= 0.3 is 0 Å². The SMILES string of the molecule is O=CNCC(CCCN1CCC(O)(c2ccccc2)CC1)(c1ccccc1)c1ccccc1. The molecule has 0 saturated carbocycles. The maximum Gasteiger partial charge on any atom is 0.207 e. The Balaban J connectivity index is 1.45. The van der Waals surface area contributed by atoms with Crippen molar-refractivity contribution in [1.29, 1.82) is 0 Å². The molecule has 0 spiro atoms. The van der Waals surface area contributed by atoms with Gasteiger partial charge in [-0.25, -0.2) is 0 Å². The summed E-state index contributed by atoms with van der Waals surface area (Å²) < 4.78 is 0. The van der Waals surface area contributed by atoms with E-state index in [-0.39, 0.29) is 5.41 Å². The molecule has 1 aliphatic rings. The number of aliphatic hydroxyl groups is 1. The monoisotopic (exact) mass is 442 g/mol. The molecule has 2 N–H and O–H groups in total. The highest BCUT2D eigenvalue weighted by Crippen LogP contribution is 2.37. The van der Waals surface area contributed by atoms with Crippen LogP contribution in [-0.2, 0) is 15.8 Å². The molecule has 1 heterocycles. The predicted octanol–water partition coefficient (Wildman–Crippen LogP) is 4.48. The second-order valence-electron chi connectivity index (χ2n) is 9.16. The number of amides is 1. The summed E-state index contributed by atoms with van der Waals surface area (Å²) in [5, 5.41) is 14.1. The largest absolute Gasteiger partial charge is 0.385 e. The number of nitrogens with zero attached hydrogens (tertiary/aromatic N) is 1. The molecule has 4 heteroatoms. The minimum atomic E-state index is -0.719. The van der Waals surface area contributed by atoms with E-state index in [1.165, 1.54) is 11.1 Å². The fourth-order valence-electron chi connectivity index (χ4n) is 5.27. The highest BCUT2D eigenvalue weighted by molar-refractivity contribution is 5.48. The van der Waals surface area contributed by atoms with Crippen LogP contribution < -0.4 is 5.32 Å². The van der Waals surface area contributed by atoms with E-state index < -0.39 is 5.60 Å². The Morgan fingerprint density at radius 1 is 0.848 bits per heavy atom. The van der Waals surface area contributed by atoms with Crippen LogP contribution in [0.25, 0.3) is 0 Å². The number of likely N-dealkylation sites (tertiary alicyclic amines) is 1. The first-order chi connectivity index (χ1) is 16.2. The third-order valence-corrected chi connectivity index (χ3v) is 7.21. The lowest BCUT2D eigenvalue weighted by Crippen LogP contribution is -2.44. The van der Waals surface area contributed by atoms with Crippen LogP contribution in [0.4, 0.5) is 0 Å². The Morgan fingerprint density at radius 2 is 1.36 bits per heavy atom. The van der Waals surface area contributed by atoms with Gasteiger partial charge in [-0.2, -0.15) is 0 Å². The summed E-state index contributed by atoms with van der Waals surface area (Å²) >= 11 is 0. The molecule has 0 aliphatic carbocycles. The Kier molecular flexibility index (Phi) is 7.58. The van der Waals surface area contributed by atoms with E-state index in [0.29, 0.717) is 6.54 Å². The standard InChI is InChI=1S/C29H34N2O2/c32-24-30-23-28(25-11-4-1-5-12-25,26-13-6-2-7-14-26)17-10-20-31-21-18-29(33,19-22-31)27-15-8-3-9-16-27/h1-9,11-16,24,33H,10,17-23H2,(H,30,32). The van der Waals surface area contributed by atoms with Crippen LogP contribution >= 0.6 is 0 Å². The van der Waals surface area contributed by atoms with Crippen LogP contribution in [0.15, 0.2) is 91.0 Å². The summed E-state index contributed by atoms with van der Waals surface area (Å²) in [6.07, 6.45) is 4.25. The van der Waals surface area contributed by atoms with Crippen molar-refractivity contribution in [3.63, 3.8) is 0 Å². The third-order valence-electron chi connectivity index (χ3n) is 7.21. The number of benzene rings is 3. The van der Waals surface area contributed by atoms with Crippen molar-refractivity contribution in [1.82, 2.24) is 10.2 Å². The summed E-state index contributed by atoms with van der Waals surface area (Å²) in [4.78, 5) is 13.7. The minimum absolute atomic E-state index is 0.274. The topological polar surface area (TPSA) is 52.6 Å². The normalized spacial score (nSPS) is 16.3. The molecule has 0 unspecified atom stereocenters. The van der Waals surface area contributed by atoms with E-state index in [2.05, 4.69) is 58.7 Å². The molecule has 1 fully saturated rings. The van der Waals surface area contributed by atoms with Gasteiger partial charge in [0.25, 0.3) is 0 Å². The predicted molar refractivity (Wildman–Crippen MR) is 133 cm³/mol. The zero-order chi connectivity index (χ0) is 23.0. The van der Waals surface area contributed by atoms with Gasteiger partial charge in [-0.05, 0) is 48.9 Å². The molecule has 1 aliphatic heterocycles. The molecular weight excluding hydrogens is 408 g/mol. The van der Waals surface area contributed by atoms with Gasteiger partial charge in [0.15, 0.2) is 0 Å². The second kappa shape index (κ2) is 10.8. The lowest BCUT2D eigenvalue weighted by molar-refractivity contribution is -0.109. The molecule has 1 saturated heterocycles. The number of carbonyl (C=O) groups excluding carboxylic acids is 1. The van der Waals surface area contributed by atoms with Gasteiger partial charge in [0.05, 0.1) is 5.60 Å². The highest BCUT2D eigenvalue weighted by atomic mass is 16.3. The Hall–Kier alpha value is -2.95. The number of rotatable bonds is 10. The molecule has 0 aromatic heterocycles. The van der Waals surface area contributed by atoms with E-state index in [1.54, 1.807) is 0 Å². The minimum Gasteiger partial charge on any atom is -0.385 e. The van der Waals surface area contributed by atoms with Crippen LogP contribution in [0, 0.1) is 0 Å². The first kappa shape index (κ1) is 23.2. The molecule has 0 bridgehead atoms. The smallest absolute Gasteiger partial charge is 0.207 e. The molecule has 3 aromatic carbocycles. The lowest BCUT2D eigenvalue weighted by atomic mass is 9.71. The van der Waals surface area contributed by atoms with Gasteiger partial charge in [-0.3, -0.25) is 4.79 Å². The van der Waals surface area contributed by atoms with Gasteiger partial charge in [0.2, 0.25) is 6.41 Å². The summed E-state index contributed by atoms with van der Waals surface area (Å²) in [5.41, 5.74) is 2.48. The van der Waals surface area contributed by atoms with Crippen LogP contribution in [-0.4, -0.2) is 42.6 Å². The number of hydrogen-bond donors (Lipinski definition) is 2. The molecule has 4 nitrogen and oxygen atoms in total. The van der Waals surface area contributed by atoms with Crippen molar-refractivity contribution in [3.05, 3.63) is 108 Å². The molecule has 3 aromatic rings. The van der Waals surface area contributed by atoms with Gasteiger partial charge in [0.1, 0.15) is 0 Å². The molecule has 33 heavy (non-hydrogen) atoms. The number of hydrogen-bond acceptors (Lipinski definition) is 3. The fourth-order valence-corrected chi connectivity index (χ4v) is 5.27. The van der Waals surface area contributed by atoms with E-state index in [9.17, 15) is 9.90 Å². The van der Waals surface area contributed by atoms with E-state index >= 15 is 0 Å². The average molecular weight is 443 g/mol. The average Bonchev–Trinajstić information content (AvgIpc) is 2.89. The second-order valence-corrected chi connectivity index (χ2v) is 9.16. The van der Waals surface area contributed by atoms with E-state index in [1.807, 2.05) is 42.5 Å². The van der Waals surface area contributed by atoms with Crippen molar-refractivity contribution < 1.29 is 9.90 Å². The van der Waals surface area contributed by atoms with Crippen LogP contribution in [0.1, 0.15) is 42.4 Å². The maximum atomic E-state index is 11.3. The summed E-state index contributed by atoms with van der Waals surface area (Å²) in [6, 6.07) is 31.1. The van der Waals surface area contributed by atoms with Crippen LogP contribution in [0.5, 0.6) is 0 Å². The number of nitrogens with one attached hydrogen (secondary N) is 1. The molecule has 0 radical (unpaired) electrons. The third kappa shape index (κ3) is 5.35. The van der Waals surface area contributed by atoms with Crippen molar-refractivity contribution in [2.75, 3.05) is 26.2 Å². The van der Waals surface area contributed by atoms with Crippen molar-refractivity contribution in [3.8, 4) is 0 Å². The molecule has 1 amide bonds. The van der Waals surface area contributed by atoms with Gasteiger partial charge in [-0.15, -0.1) is 0 Å². The Labute approximate surface area is 197 Å². The van der Waals surface area contributed by atoms with Crippen molar-refractivity contribution in [2.24, 2.45) is 0 Å². The van der Waals surface area contributed by atoms with Gasteiger partial charge in [-0.1, -0.05) is 91.0 Å².